The van der Waals surface area contributed by atoms with E-state index in [4.69, 9.17) is 16.3 Å². The van der Waals surface area contributed by atoms with Gasteiger partial charge in [-0.3, -0.25) is 4.79 Å². The highest BCUT2D eigenvalue weighted by atomic mass is 35.5. The average molecular weight is 427 g/mol. The van der Waals surface area contributed by atoms with Gasteiger partial charge in [0, 0.05) is 41.3 Å². The second-order valence-electron chi connectivity index (χ2n) is 6.90. The molecule has 1 aromatic heterocycles. The summed E-state index contributed by atoms with van der Waals surface area (Å²) in [6, 6.07) is 15.4. The lowest BCUT2D eigenvalue weighted by molar-refractivity contribution is 0.0963. The number of anilines is 3. The molecule has 30 heavy (non-hydrogen) atoms. The smallest absolute Gasteiger partial charge is 0.251 e. The molecule has 0 bridgehead atoms. The zero-order valence-corrected chi connectivity index (χ0v) is 17.0. The molecule has 4 rings (SSSR count). The molecule has 0 spiro atoms. The Labute approximate surface area is 178 Å². The summed E-state index contributed by atoms with van der Waals surface area (Å²) < 4.78 is 19.6. The highest BCUT2D eigenvalue weighted by Gasteiger charge is 2.29. The van der Waals surface area contributed by atoms with E-state index in [-0.39, 0.29) is 17.8 Å². The molecule has 1 amide bonds. The predicted molar refractivity (Wildman–Crippen MR) is 115 cm³/mol. The first-order valence-corrected chi connectivity index (χ1v) is 9.81. The van der Waals surface area contributed by atoms with Crippen LogP contribution in [0.5, 0.6) is 5.75 Å². The van der Waals surface area contributed by atoms with E-state index in [0.29, 0.717) is 29.5 Å². The summed E-state index contributed by atoms with van der Waals surface area (Å²) in [5.41, 5.74) is 2.31. The van der Waals surface area contributed by atoms with Gasteiger partial charge >= 0.3 is 0 Å². The van der Waals surface area contributed by atoms with E-state index in [1.165, 1.54) is 6.07 Å². The van der Waals surface area contributed by atoms with Gasteiger partial charge in [-0.05, 0) is 42.5 Å². The van der Waals surface area contributed by atoms with Crippen LogP contribution < -0.4 is 20.3 Å². The van der Waals surface area contributed by atoms with E-state index in [1.807, 2.05) is 24.3 Å². The summed E-state index contributed by atoms with van der Waals surface area (Å²) in [5, 5.41) is 6.17. The van der Waals surface area contributed by atoms with Gasteiger partial charge in [0.05, 0.1) is 13.1 Å². The highest BCUT2D eigenvalue weighted by molar-refractivity contribution is 6.30. The number of ether oxygens (including phenoxy) is 1. The van der Waals surface area contributed by atoms with Crippen LogP contribution in [0.1, 0.15) is 10.4 Å². The number of pyridine rings is 1. The van der Waals surface area contributed by atoms with E-state index in [0.717, 1.165) is 11.4 Å². The lowest BCUT2D eigenvalue weighted by Gasteiger charge is -2.40. The highest BCUT2D eigenvalue weighted by Crippen LogP contribution is 2.28. The van der Waals surface area contributed by atoms with Crippen molar-refractivity contribution >= 4 is 34.7 Å². The summed E-state index contributed by atoms with van der Waals surface area (Å²) >= 11 is 5.77. The molecule has 1 aliphatic heterocycles. The molecule has 0 radical (unpaired) electrons. The van der Waals surface area contributed by atoms with Crippen LogP contribution in [0.25, 0.3) is 0 Å². The summed E-state index contributed by atoms with van der Waals surface area (Å²) in [6.45, 7) is 1.27. The second kappa shape index (κ2) is 8.59. The molecule has 1 fully saturated rings. The molecule has 0 atom stereocenters. The van der Waals surface area contributed by atoms with Crippen LogP contribution in [0.2, 0.25) is 5.02 Å². The number of amides is 1. The van der Waals surface area contributed by atoms with Crippen molar-refractivity contribution < 1.29 is 13.9 Å². The fraction of sp³-hybridized carbons (Fsp3) is 0.182. The van der Waals surface area contributed by atoms with Gasteiger partial charge in [0.2, 0.25) is 0 Å². The molecule has 2 aromatic carbocycles. The monoisotopic (exact) mass is 426 g/mol. The Balaban J connectivity index is 1.38. The minimum atomic E-state index is -0.463. The first-order chi connectivity index (χ1) is 14.5. The first kappa shape index (κ1) is 20.0. The van der Waals surface area contributed by atoms with Crippen molar-refractivity contribution in [3.05, 3.63) is 77.2 Å². The lowest BCUT2D eigenvalue weighted by atomic mass is 10.1. The largest absolute Gasteiger partial charge is 0.484 e. The number of carbonyl (C=O) groups excluding carboxylic acids is 1. The van der Waals surface area contributed by atoms with Crippen molar-refractivity contribution in [3.63, 3.8) is 0 Å². The van der Waals surface area contributed by atoms with Crippen molar-refractivity contribution in [3.8, 4) is 5.75 Å². The number of aromatic nitrogens is 1. The van der Waals surface area contributed by atoms with Crippen LogP contribution in [-0.2, 0) is 0 Å². The van der Waals surface area contributed by atoms with Gasteiger partial charge in [0.1, 0.15) is 11.9 Å². The van der Waals surface area contributed by atoms with Gasteiger partial charge in [-0.1, -0.05) is 17.7 Å². The van der Waals surface area contributed by atoms with E-state index >= 15 is 0 Å². The number of carbonyl (C=O) groups is 1. The van der Waals surface area contributed by atoms with E-state index in [1.54, 1.807) is 37.5 Å². The molecule has 6 nitrogen and oxygen atoms in total. The summed E-state index contributed by atoms with van der Waals surface area (Å²) in [4.78, 5) is 18.3. The number of nitrogens with one attached hydrogen (secondary N) is 2. The van der Waals surface area contributed by atoms with Gasteiger partial charge in [0.15, 0.2) is 11.6 Å². The van der Waals surface area contributed by atoms with Crippen molar-refractivity contribution in [2.45, 2.75) is 6.10 Å². The number of nitrogens with zero attached hydrogens (tertiary/aromatic N) is 2. The minimum absolute atomic E-state index is 0.102. The maximum absolute atomic E-state index is 13.9. The van der Waals surface area contributed by atoms with Gasteiger partial charge in [-0.2, -0.15) is 0 Å². The number of hydrogen-bond acceptors (Lipinski definition) is 5. The van der Waals surface area contributed by atoms with Gasteiger partial charge < -0.3 is 20.3 Å². The quantitative estimate of drug-likeness (QED) is 0.617. The zero-order valence-electron chi connectivity index (χ0n) is 16.2. The fourth-order valence-corrected chi connectivity index (χ4v) is 3.35. The topological polar surface area (TPSA) is 66.5 Å². The molecular weight excluding hydrogens is 407 g/mol. The molecule has 154 valence electrons. The van der Waals surface area contributed by atoms with Crippen LogP contribution in [0.3, 0.4) is 0 Å². The van der Waals surface area contributed by atoms with E-state index in [2.05, 4.69) is 20.5 Å². The van der Waals surface area contributed by atoms with Crippen molar-refractivity contribution in [2.24, 2.45) is 0 Å². The summed E-state index contributed by atoms with van der Waals surface area (Å²) in [5.74, 6) is 0.256. The minimum Gasteiger partial charge on any atom is -0.484 e. The fourth-order valence-electron chi connectivity index (χ4n) is 3.19. The van der Waals surface area contributed by atoms with Crippen LogP contribution in [0.15, 0.2) is 60.8 Å². The molecular formula is C22H20ClFN4O2. The molecule has 8 heteroatoms. The number of halogens is 2. The first-order valence-electron chi connectivity index (χ1n) is 9.44. The summed E-state index contributed by atoms with van der Waals surface area (Å²) in [6.07, 6.45) is 1.61. The molecule has 1 saturated heterocycles. The van der Waals surface area contributed by atoms with Crippen LogP contribution in [0, 0.1) is 5.82 Å². The zero-order chi connectivity index (χ0) is 21.1. The number of benzene rings is 2. The maximum Gasteiger partial charge on any atom is 0.251 e. The van der Waals surface area contributed by atoms with E-state index in [9.17, 15) is 9.18 Å². The SMILES string of the molecule is CNC(=O)c1cccc(Nc2cc(N3CC(Oc4ccc(Cl)cc4F)C3)ccn2)c1. The Morgan fingerprint density at radius 3 is 2.80 bits per heavy atom. The Morgan fingerprint density at radius 2 is 2.03 bits per heavy atom. The number of rotatable bonds is 6. The maximum atomic E-state index is 13.9. The van der Waals surface area contributed by atoms with Crippen LogP contribution in [0.4, 0.5) is 21.6 Å². The van der Waals surface area contributed by atoms with Gasteiger partial charge in [-0.15, -0.1) is 0 Å². The van der Waals surface area contributed by atoms with Crippen molar-refractivity contribution in [2.75, 3.05) is 30.4 Å². The van der Waals surface area contributed by atoms with Gasteiger partial charge in [-0.25, -0.2) is 9.37 Å². The summed E-state index contributed by atoms with van der Waals surface area (Å²) in [7, 11) is 1.60. The molecule has 3 aromatic rings. The lowest BCUT2D eigenvalue weighted by Crippen LogP contribution is -2.54. The van der Waals surface area contributed by atoms with Crippen LogP contribution in [-0.4, -0.2) is 37.1 Å². The van der Waals surface area contributed by atoms with Crippen molar-refractivity contribution in [1.82, 2.24) is 10.3 Å². The molecule has 0 saturated carbocycles. The third-order valence-corrected chi connectivity index (χ3v) is 5.00. The molecule has 1 aliphatic rings. The predicted octanol–water partition coefficient (Wildman–Crippen LogP) is 4.24. The van der Waals surface area contributed by atoms with E-state index < -0.39 is 5.82 Å². The standard InChI is InChI=1S/C22H20ClFN4O2/c1-25-22(29)14-3-2-4-16(9-14)27-21-11-17(7-8-26-21)28-12-18(13-28)30-20-6-5-15(23)10-19(20)24/h2-11,18H,12-13H2,1H3,(H,25,29)(H,26,27). The third kappa shape index (κ3) is 4.46. The molecule has 2 N–H and O–H groups in total. The van der Waals surface area contributed by atoms with Crippen molar-refractivity contribution in [1.29, 1.82) is 0 Å². The molecule has 0 unspecified atom stereocenters. The Hall–Kier alpha value is -3.32. The Kier molecular flexibility index (Phi) is 5.72. The van der Waals surface area contributed by atoms with Crippen LogP contribution >= 0.6 is 11.6 Å². The average Bonchev–Trinajstić information content (AvgIpc) is 2.71. The Bertz CT molecular complexity index is 1070. The second-order valence-corrected chi connectivity index (χ2v) is 7.34. The Morgan fingerprint density at radius 1 is 1.20 bits per heavy atom. The molecule has 0 aliphatic carbocycles. The molecule has 2 heterocycles. The normalized spacial score (nSPS) is 13.5. The number of hydrogen-bond donors (Lipinski definition) is 2. The van der Waals surface area contributed by atoms with Gasteiger partial charge in [0.25, 0.3) is 5.91 Å². The third-order valence-electron chi connectivity index (χ3n) is 4.77.